The maximum atomic E-state index is 12.3. The molecule has 0 saturated carbocycles. The molecule has 0 atom stereocenters. The summed E-state index contributed by atoms with van der Waals surface area (Å²) in [7, 11) is 0. The lowest BCUT2D eigenvalue weighted by atomic mass is 10.2. The molecule has 0 aliphatic carbocycles. The molecule has 0 spiro atoms. The van der Waals surface area contributed by atoms with E-state index < -0.39 is 11.8 Å². The Hall–Kier alpha value is -3.34. The van der Waals surface area contributed by atoms with Crippen molar-refractivity contribution >= 4 is 52.8 Å². The van der Waals surface area contributed by atoms with Crippen molar-refractivity contribution in [3.8, 4) is 11.5 Å². The van der Waals surface area contributed by atoms with E-state index in [0.717, 1.165) is 0 Å². The summed E-state index contributed by atoms with van der Waals surface area (Å²) in [5.74, 6) is -1.29. The van der Waals surface area contributed by atoms with Gasteiger partial charge in [0, 0.05) is 13.1 Å². The fourth-order valence-corrected chi connectivity index (χ4v) is 3.38. The van der Waals surface area contributed by atoms with Gasteiger partial charge in [-0.15, -0.1) is 0 Å². The van der Waals surface area contributed by atoms with Crippen molar-refractivity contribution in [1.29, 1.82) is 0 Å². The molecule has 10 nitrogen and oxygen atoms in total. The number of ether oxygens (including phenoxy) is 3. The second-order valence-corrected chi connectivity index (χ2v) is 7.96. The summed E-state index contributed by atoms with van der Waals surface area (Å²) in [4.78, 5) is 38.1. The van der Waals surface area contributed by atoms with Crippen molar-refractivity contribution in [3.63, 3.8) is 0 Å². The van der Waals surface area contributed by atoms with Crippen molar-refractivity contribution in [2.24, 2.45) is 5.10 Å². The molecule has 1 aliphatic heterocycles. The second-order valence-electron chi connectivity index (χ2n) is 7.18. The van der Waals surface area contributed by atoms with Crippen molar-refractivity contribution in [1.82, 2.24) is 10.3 Å². The van der Waals surface area contributed by atoms with E-state index in [1.807, 2.05) is 6.92 Å². The third-order valence-electron chi connectivity index (χ3n) is 4.77. The smallest absolute Gasteiger partial charge is 0.329 e. The Bertz CT molecular complexity index is 1110. The van der Waals surface area contributed by atoms with Crippen molar-refractivity contribution in [2.45, 2.75) is 6.92 Å². The average molecular weight is 523 g/mol. The number of nitrogens with zero attached hydrogens (tertiary/aromatic N) is 2. The Morgan fingerprint density at radius 1 is 1.09 bits per heavy atom. The van der Waals surface area contributed by atoms with Gasteiger partial charge in [-0.05, 0) is 42.8 Å². The van der Waals surface area contributed by atoms with Gasteiger partial charge in [0.15, 0.2) is 18.1 Å². The lowest BCUT2D eigenvalue weighted by molar-refractivity contribution is -0.137. The van der Waals surface area contributed by atoms with Crippen molar-refractivity contribution in [3.05, 3.63) is 52.0 Å². The van der Waals surface area contributed by atoms with Crippen LogP contribution in [0.15, 0.2) is 41.5 Å². The molecule has 0 unspecified atom stereocenters. The molecule has 1 fully saturated rings. The first-order valence-electron chi connectivity index (χ1n) is 10.7. The predicted molar refractivity (Wildman–Crippen MR) is 131 cm³/mol. The standard InChI is InChI=1S/C23H24Cl2N4O6/c1-2-34-19-12-15(6-7-18(19)35-14-20(30)29-8-10-33-11-9-29)13-26-28-23(32)22(31)27-17-5-3-4-16(24)21(17)25/h3-7,12-13H,2,8-11,14H2,1H3,(H,27,31)(H,28,32)/b26-13-. The number of rotatable bonds is 8. The summed E-state index contributed by atoms with van der Waals surface area (Å²) in [6.07, 6.45) is 1.34. The van der Waals surface area contributed by atoms with Crippen LogP contribution in [0, 0.1) is 0 Å². The van der Waals surface area contributed by atoms with E-state index in [1.54, 1.807) is 35.2 Å². The molecular weight excluding hydrogens is 499 g/mol. The molecule has 2 aromatic rings. The normalized spacial score (nSPS) is 13.4. The van der Waals surface area contributed by atoms with Gasteiger partial charge in [0.05, 0.1) is 41.8 Å². The Kier molecular flexibility index (Phi) is 9.71. The minimum atomic E-state index is -0.996. The van der Waals surface area contributed by atoms with Gasteiger partial charge in [-0.25, -0.2) is 5.43 Å². The first-order chi connectivity index (χ1) is 16.9. The van der Waals surface area contributed by atoms with Gasteiger partial charge in [0.25, 0.3) is 5.91 Å². The van der Waals surface area contributed by atoms with Gasteiger partial charge in [-0.3, -0.25) is 14.4 Å². The van der Waals surface area contributed by atoms with Crippen LogP contribution in [0.3, 0.4) is 0 Å². The number of carbonyl (C=O) groups excluding carboxylic acids is 3. The SMILES string of the molecule is CCOc1cc(/C=N\NC(=O)C(=O)Nc2cccc(Cl)c2Cl)ccc1OCC(=O)N1CCOCC1. The number of halogens is 2. The predicted octanol–water partition coefficient (Wildman–Crippen LogP) is 2.72. The summed E-state index contributed by atoms with van der Waals surface area (Å²) in [6, 6.07) is 9.59. The number of hydrogen-bond donors (Lipinski definition) is 2. The Morgan fingerprint density at radius 3 is 2.60 bits per heavy atom. The molecule has 3 amide bonds. The zero-order valence-electron chi connectivity index (χ0n) is 18.9. The summed E-state index contributed by atoms with van der Waals surface area (Å²) < 4.78 is 16.5. The molecular formula is C23H24Cl2N4O6. The van der Waals surface area contributed by atoms with E-state index in [0.29, 0.717) is 50.0 Å². The largest absolute Gasteiger partial charge is 0.490 e. The van der Waals surface area contributed by atoms with Crippen LogP contribution in [0.4, 0.5) is 5.69 Å². The number of morpholine rings is 1. The maximum absolute atomic E-state index is 12.3. The van der Waals surface area contributed by atoms with Crippen molar-refractivity contribution < 1.29 is 28.6 Å². The van der Waals surface area contributed by atoms with Gasteiger partial charge in [0.2, 0.25) is 0 Å². The monoisotopic (exact) mass is 522 g/mol. The van der Waals surface area contributed by atoms with E-state index in [4.69, 9.17) is 37.4 Å². The van der Waals surface area contributed by atoms with E-state index in [9.17, 15) is 14.4 Å². The Labute approximate surface area is 212 Å². The number of amides is 3. The number of anilines is 1. The van der Waals surface area contributed by atoms with Crippen LogP contribution in [-0.2, 0) is 19.1 Å². The summed E-state index contributed by atoms with van der Waals surface area (Å²) in [5, 5.41) is 6.52. The first kappa shape index (κ1) is 26.3. The third kappa shape index (κ3) is 7.57. The van der Waals surface area contributed by atoms with E-state index in [1.165, 1.54) is 12.3 Å². The molecule has 0 radical (unpaired) electrons. The number of hydrogen-bond acceptors (Lipinski definition) is 7. The van der Waals surface area contributed by atoms with E-state index in [2.05, 4.69) is 15.8 Å². The Morgan fingerprint density at radius 2 is 1.86 bits per heavy atom. The van der Waals surface area contributed by atoms with Gasteiger partial charge in [0.1, 0.15) is 0 Å². The first-order valence-corrected chi connectivity index (χ1v) is 11.5. The molecule has 0 bridgehead atoms. The second kappa shape index (κ2) is 12.9. The number of hydrazone groups is 1. The molecule has 186 valence electrons. The highest BCUT2D eigenvalue weighted by atomic mass is 35.5. The molecule has 0 aromatic heterocycles. The minimum Gasteiger partial charge on any atom is -0.490 e. The van der Waals surface area contributed by atoms with E-state index in [-0.39, 0.29) is 28.2 Å². The minimum absolute atomic E-state index is 0.122. The lowest BCUT2D eigenvalue weighted by Gasteiger charge is -2.26. The fraction of sp³-hybridized carbons (Fsp3) is 0.304. The summed E-state index contributed by atoms with van der Waals surface area (Å²) in [5.41, 5.74) is 2.91. The van der Waals surface area contributed by atoms with Crippen LogP contribution in [0.1, 0.15) is 12.5 Å². The molecule has 35 heavy (non-hydrogen) atoms. The van der Waals surface area contributed by atoms with Crippen LogP contribution in [0.2, 0.25) is 10.0 Å². The average Bonchev–Trinajstić information content (AvgIpc) is 2.86. The number of benzene rings is 2. The number of carbonyl (C=O) groups is 3. The highest BCUT2D eigenvalue weighted by molar-refractivity contribution is 6.45. The zero-order chi connectivity index (χ0) is 25.2. The molecule has 1 saturated heterocycles. The molecule has 1 aliphatic rings. The summed E-state index contributed by atoms with van der Waals surface area (Å²) >= 11 is 11.9. The third-order valence-corrected chi connectivity index (χ3v) is 5.59. The van der Waals surface area contributed by atoms with Crippen LogP contribution < -0.4 is 20.2 Å². The Balaban J connectivity index is 1.56. The quantitative estimate of drug-likeness (QED) is 0.312. The maximum Gasteiger partial charge on any atom is 0.329 e. The molecule has 3 rings (SSSR count). The number of nitrogens with one attached hydrogen (secondary N) is 2. The topological polar surface area (TPSA) is 119 Å². The summed E-state index contributed by atoms with van der Waals surface area (Å²) in [6.45, 7) is 4.14. The zero-order valence-corrected chi connectivity index (χ0v) is 20.4. The van der Waals surface area contributed by atoms with E-state index >= 15 is 0 Å². The van der Waals surface area contributed by atoms with Gasteiger partial charge < -0.3 is 24.4 Å². The molecule has 12 heteroatoms. The highest BCUT2D eigenvalue weighted by Crippen LogP contribution is 2.29. The molecule has 1 heterocycles. The van der Waals surface area contributed by atoms with Crippen molar-refractivity contribution in [2.75, 3.05) is 44.8 Å². The van der Waals surface area contributed by atoms with Crippen LogP contribution >= 0.6 is 23.2 Å². The van der Waals surface area contributed by atoms with Crippen LogP contribution in [-0.4, -0.2) is 68.4 Å². The highest BCUT2D eigenvalue weighted by Gasteiger charge is 2.18. The molecule has 2 aromatic carbocycles. The van der Waals surface area contributed by atoms with Crippen LogP contribution in [0.25, 0.3) is 0 Å². The van der Waals surface area contributed by atoms with Gasteiger partial charge >= 0.3 is 11.8 Å². The van der Waals surface area contributed by atoms with Crippen LogP contribution in [0.5, 0.6) is 11.5 Å². The van der Waals surface area contributed by atoms with Gasteiger partial charge in [-0.2, -0.15) is 5.10 Å². The lowest BCUT2D eigenvalue weighted by Crippen LogP contribution is -2.43. The fourth-order valence-electron chi connectivity index (χ4n) is 3.03. The molecule has 2 N–H and O–H groups in total. The van der Waals surface area contributed by atoms with Gasteiger partial charge in [-0.1, -0.05) is 29.3 Å².